The third-order valence-corrected chi connectivity index (χ3v) is 7.52. The normalized spacial score (nSPS) is 16.4. The number of carbonyl (C=O) groups excluding carboxylic acids is 1. The predicted molar refractivity (Wildman–Crippen MR) is 119 cm³/mol. The summed E-state index contributed by atoms with van der Waals surface area (Å²) in [6.45, 7) is 3.37. The Labute approximate surface area is 179 Å². The predicted octanol–water partition coefficient (Wildman–Crippen LogP) is 4.55. The van der Waals surface area contributed by atoms with Crippen molar-refractivity contribution in [2.45, 2.75) is 31.2 Å². The second-order valence-electron chi connectivity index (χ2n) is 7.13. The molecule has 2 aromatic carbocycles. The molecule has 0 fully saturated rings. The van der Waals surface area contributed by atoms with Gasteiger partial charge in [-0.25, -0.2) is 0 Å². The van der Waals surface area contributed by atoms with E-state index >= 15 is 0 Å². The Morgan fingerprint density at radius 2 is 1.80 bits per heavy atom. The molecule has 1 unspecified atom stereocenters. The van der Waals surface area contributed by atoms with E-state index in [9.17, 15) is 13.2 Å². The van der Waals surface area contributed by atoms with E-state index in [1.807, 2.05) is 36.6 Å². The van der Waals surface area contributed by atoms with Gasteiger partial charge in [0, 0.05) is 23.9 Å². The summed E-state index contributed by atoms with van der Waals surface area (Å²) in [7, 11) is -3.80. The number of amides is 1. The number of nitrogens with zero attached hydrogens (tertiary/aromatic N) is 2. The first-order valence-electron chi connectivity index (χ1n) is 9.44. The Bertz CT molecular complexity index is 1180. The average molecular weight is 440 g/mol. The quantitative estimate of drug-likeness (QED) is 0.633. The van der Waals surface area contributed by atoms with Gasteiger partial charge in [-0.2, -0.15) is 17.9 Å². The van der Waals surface area contributed by atoms with Gasteiger partial charge in [0.1, 0.15) is 6.04 Å². The molecule has 0 radical (unpaired) electrons. The average Bonchev–Trinajstić information content (AvgIpc) is 3.38. The second-order valence-corrected chi connectivity index (χ2v) is 9.91. The minimum atomic E-state index is -3.80. The second kappa shape index (κ2) is 8.04. The lowest BCUT2D eigenvalue weighted by Crippen LogP contribution is -2.26. The molecular formula is C22H21N3O3S2. The lowest BCUT2D eigenvalue weighted by atomic mass is 10.0. The number of aryl methyl sites for hydroxylation is 1. The van der Waals surface area contributed by atoms with Crippen LogP contribution in [0.1, 0.15) is 35.4 Å². The first-order valence-corrected chi connectivity index (χ1v) is 11.8. The van der Waals surface area contributed by atoms with Gasteiger partial charge < -0.3 is 5.32 Å². The molecule has 6 nitrogen and oxygen atoms in total. The molecule has 2 heterocycles. The molecule has 1 aliphatic heterocycles. The summed E-state index contributed by atoms with van der Waals surface area (Å²) >= 11 is 1.52. The summed E-state index contributed by atoms with van der Waals surface area (Å²) < 4.78 is 28.0. The standard InChI is InChI=1S/C22H21N3O3S2/c1-15-5-11-19(12-6-15)30(27,28)25-21(22-4-3-13-29-22)14-20(24-25)17-7-9-18(10-8-17)23-16(2)26/h3-13,21H,14H2,1-2H3,(H,23,26). The largest absolute Gasteiger partial charge is 0.326 e. The van der Waals surface area contributed by atoms with Crippen molar-refractivity contribution in [3.05, 3.63) is 82.0 Å². The number of nitrogens with one attached hydrogen (secondary N) is 1. The van der Waals surface area contributed by atoms with Crippen molar-refractivity contribution in [3.63, 3.8) is 0 Å². The first kappa shape index (κ1) is 20.3. The molecule has 0 aliphatic carbocycles. The van der Waals surface area contributed by atoms with E-state index in [4.69, 9.17) is 0 Å². The molecule has 154 valence electrons. The number of anilines is 1. The monoisotopic (exact) mass is 439 g/mol. The minimum absolute atomic E-state index is 0.144. The van der Waals surface area contributed by atoms with Crippen molar-refractivity contribution in [3.8, 4) is 0 Å². The van der Waals surface area contributed by atoms with Crippen molar-refractivity contribution in [1.82, 2.24) is 4.41 Å². The first-order chi connectivity index (χ1) is 14.3. The Morgan fingerprint density at radius 3 is 2.40 bits per heavy atom. The molecule has 1 atom stereocenters. The molecule has 1 N–H and O–H groups in total. The molecule has 1 aliphatic rings. The van der Waals surface area contributed by atoms with Gasteiger partial charge in [0.15, 0.2) is 0 Å². The molecule has 8 heteroatoms. The zero-order valence-electron chi connectivity index (χ0n) is 16.6. The van der Waals surface area contributed by atoms with Crippen molar-refractivity contribution in [2.24, 2.45) is 5.10 Å². The van der Waals surface area contributed by atoms with Crippen LogP contribution in [0.3, 0.4) is 0 Å². The van der Waals surface area contributed by atoms with Crippen LogP contribution in [0.25, 0.3) is 0 Å². The van der Waals surface area contributed by atoms with E-state index in [0.717, 1.165) is 16.0 Å². The van der Waals surface area contributed by atoms with Crippen LogP contribution >= 0.6 is 11.3 Å². The van der Waals surface area contributed by atoms with Crippen molar-refractivity contribution >= 4 is 38.7 Å². The van der Waals surface area contributed by atoms with Crippen LogP contribution < -0.4 is 5.32 Å². The van der Waals surface area contributed by atoms with E-state index in [2.05, 4.69) is 10.4 Å². The summed E-state index contributed by atoms with van der Waals surface area (Å²) in [6, 6.07) is 17.5. The van der Waals surface area contributed by atoms with Crippen LogP contribution in [-0.4, -0.2) is 24.5 Å². The van der Waals surface area contributed by atoms with Gasteiger partial charge >= 0.3 is 0 Å². The van der Waals surface area contributed by atoms with Crippen molar-refractivity contribution in [1.29, 1.82) is 0 Å². The van der Waals surface area contributed by atoms with Gasteiger partial charge in [0.2, 0.25) is 5.91 Å². The summed E-state index contributed by atoms with van der Waals surface area (Å²) in [5, 5.41) is 9.20. The fourth-order valence-corrected chi connectivity index (χ4v) is 5.65. The zero-order valence-corrected chi connectivity index (χ0v) is 18.2. The number of rotatable bonds is 5. The maximum absolute atomic E-state index is 13.4. The molecule has 0 saturated heterocycles. The van der Waals surface area contributed by atoms with Gasteiger partial charge in [-0.05, 0) is 48.2 Å². The van der Waals surface area contributed by atoms with E-state index in [1.165, 1.54) is 22.7 Å². The number of hydrogen-bond acceptors (Lipinski definition) is 5. The highest BCUT2D eigenvalue weighted by Gasteiger charge is 2.38. The van der Waals surface area contributed by atoms with Gasteiger partial charge in [0.05, 0.1) is 10.6 Å². The lowest BCUT2D eigenvalue weighted by Gasteiger charge is -2.22. The Kier molecular flexibility index (Phi) is 5.44. The van der Waals surface area contributed by atoms with Gasteiger partial charge in [-0.1, -0.05) is 35.9 Å². The van der Waals surface area contributed by atoms with Crippen LogP contribution in [0, 0.1) is 6.92 Å². The Morgan fingerprint density at radius 1 is 1.10 bits per heavy atom. The highest BCUT2D eigenvalue weighted by Crippen LogP contribution is 2.39. The molecule has 4 rings (SSSR count). The van der Waals surface area contributed by atoms with Gasteiger partial charge in [-0.3, -0.25) is 4.79 Å². The van der Waals surface area contributed by atoms with Crippen LogP contribution in [0.4, 0.5) is 5.69 Å². The number of hydrogen-bond donors (Lipinski definition) is 1. The Hall–Kier alpha value is -2.97. The fraction of sp³-hybridized carbons (Fsp3) is 0.182. The molecule has 0 saturated carbocycles. The summed E-state index contributed by atoms with van der Waals surface area (Å²) in [6.07, 6.45) is 0.477. The van der Waals surface area contributed by atoms with Crippen LogP contribution in [-0.2, 0) is 14.8 Å². The highest BCUT2D eigenvalue weighted by molar-refractivity contribution is 7.89. The minimum Gasteiger partial charge on any atom is -0.326 e. The molecule has 30 heavy (non-hydrogen) atoms. The lowest BCUT2D eigenvalue weighted by molar-refractivity contribution is -0.114. The number of sulfonamides is 1. The number of thiophene rings is 1. The van der Waals surface area contributed by atoms with Crippen molar-refractivity contribution < 1.29 is 13.2 Å². The van der Waals surface area contributed by atoms with Crippen LogP contribution in [0.5, 0.6) is 0 Å². The van der Waals surface area contributed by atoms with Crippen LogP contribution in [0.2, 0.25) is 0 Å². The Balaban J connectivity index is 1.71. The summed E-state index contributed by atoms with van der Waals surface area (Å²) in [4.78, 5) is 12.4. The molecule has 1 amide bonds. The fourth-order valence-electron chi connectivity index (χ4n) is 3.35. The van der Waals surface area contributed by atoms with E-state index in [0.29, 0.717) is 17.8 Å². The van der Waals surface area contributed by atoms with Crippen LogP contribution in [0.15, 0.2) is 76.0 Å². The van der Waals surface area contributed by atoms with E-state index < -0.39 is 10.0 Å². The molecular weight excluding hydrogens is 418 g/mol. The molecule has 0 spiro atoms. The third kappa shape index (κ3) is 4.01. The molecule has 0 bridgehead atoms. The number of carbonyl (C=O) groups is 1. The van der Waals surface area contributed by atoms with E-state index in [-0.39, 0.29) is 16.8 Å². The zero-order chi connectivity index (χ0) is 21.3. The van der Waals surface area contributed by atoms with Crippen molar-refractivity contribution in [2.75, 3.05) is 5.32 Å². The SMILES string of the molecule is CC(=O)Nc1ccc(C2=NN(S(=O)(=O)c3ccc(C)cc3)C(c3cccs3)C2)cc1. The number of benzene rings is 2. The summed E-state index contributed by atoms with van der Waals surface area (Å²) in [5.41, 5.74) is 3.20. The van der Waals surface area contributed by atoms with E-state index in [1.54, 1.807) is 36.4 Å². The maximum atomic E-state index is 13.4. The molecule has 1 aromatic heterocycles. The highest BCUT2D eigenvalue weighted by atomic mass is 32.2. The van der Waals surface area contributed by atoms with Gasteiger partial charge in [-0.15, -0.1) is 11.3 Å². The maximum Gasteiger partial charge on any atom is 0.279 e. The summed E-state index contributed by atoms with van der Waals surface area (Å²) in [5.74, 6) is -0.144. The topological polar surface area (TPSA) is 78.8 Å². The third-order valence-electron chi connectivity index (χ3n) is 4.85. The smallest absolute Gasteiger partial charge is 0.279 e. The molecule has 3 aromatic rings. The number of hydrazone groups is 1. The van der Waals surface area contributed by atoms with Gasteiger partial charge in [0.25, 0.3) is 10.0 Å².